The number of urea groups is 1. The van der Waals surface area contributed by atoms with Crippen molar-refractivity contribution in [3.63, 3.8) is 0 Å². The normalized spacial score (nSPS) is 11.2. The molecule has 0 fully saturated rings. The third kappa shape index (κ3) is 7.47. The molecule has 0 aliphatic heterocycles. The summed E-state index contributed by atoms with van der Waals surface area (Å²) >= 11 is 18.6. The monoisotopic (exact) mass is 638 g/mol. The van der Waals surface area contributed by atoms with Crippen LogP contribution in [0.2, 0.25) is 15.1 Å². The second kappa shape index (κ2) is 12.4. The van der Waals surface area contributed by atoms with Crippen LogP contribution in [0.3, 0.4) is 0 Å². The molecule has 0 bridgehead atoms. The summed E-state index contributed by atoms with van der Waals surface area (Å²) in [4.78, 5) is 20.1. The Balaban J connectivity index is 1.42. The van der Waals surface area contributed by atoms with E-state index in [1.807, 2.05) is 0 Å². The second-order valence-electron chi connectivity index (χ2n) is 8.70. The number of aryl methyl sites for hydroxylation is 1. The van der Waals surface area contributed by atoms with E-state index >= 15 is 0 Å². The van der Waals surface area contributed by atoms with Gasteiger partial charge >= 0.3 is 16.3 Å². The summed E-state index contributed by atoms with van der Waals surface area (Å²) < 4.78 is 41.9. The molecule has 1 heterocycles. The summed E-state index contributed by atoms with van der Waals surface area (Å²) in [5, 5.41) is 6.03. The minimum atomic E-state index is -4.93. The fraction of sp³-hybridized carbons (Fsp3) is 0.115. The van der Waals surface area contributed by atoms with Crippen LogP contribution in [-0.4, -0.2) is 24.4 Å². The van der Waals surface area contributed by atoms with Gasteiger partial charge in [-0.25, -0.2) is 9.78 Å². The fourth-order valence-corrected chi connectivity index (χ4v) is 5.11. The third-order valence-corrected chi connectivity index (χ3v) is 7.76. The molecule has 41 heavy (non-hydrogen) atoms. The Morgan fingerprint density at radius 1 is 0.976 bits per heavy atom. The predicted molar refractivity (Wildman–Crippen MR) is 157 cm³/mol. The Morgan fingerprint density at radius 2 is 1.73 bits per heavy atom. The molecule has 4 aromatic rings. The molecule has 6 N–H and O–H groups in total. The average Bonchev–Trinajstić information content (AvgIpc) is 2.89. The molecule has 2 amide bonds. The van der Waals surface area contributed by atoms with E-state index in [-0.39, 0.29) is 41.2 Å². The van der Waals surface area contributed by atoms with Gasteiger partial charge in [-0.05, 0) is 60.0 Å². The van der Waals surface area contributed by atoms with Crippen LogP contribution in [-0.2, 0) is 23.4 Å². The molecule has 15 heteroatoms. The number of aromatic nitrogens is 2. The zero-order chi connectivity index (χ0) is 29.9. The van der Waals surface area contributed by atoms with Gasteiger partial charge in [0, 0.05) is 17.8 Å². The van der Waals surface area contributed by atoms with E-state index in [2.05, 4.69) is 20.6 Å². The van der Waals surface area contributed by atoms with Crippen LogP contribution in [0.4, 0.5) is 26.1 Å². The van der Waals surface area contributed by atoms with E-state index in [1.165, 1.54) is 19.1 Å². The third-order valence-electron chi connectivity index (χ3n) is 5.76. The number of nitrogens with zero attached hydrogens (tertiary/aromatic N) is 2. The summed E-state index contributed by atoms with van der Waals surface area (Å²) in [5.41, 5.74) is 14.4. The van der Waals surface area contributed by atoms with Crippen LogP contribution in [0, 0.1) is 6.92 Å². The molecule has 0 aliphatic carbocycles. The molecule has 3 aromatic carbocycles. The molecule has 1 aromatic heterocycles. The lowest BCUT2D eigenvalue weighted by Gasteiger charge is -2.15. The zero-order valence-electron chi connectivity index (χ0n) is 21.2. The van der Waals surface area contributed by atoms with Crippen molar-refractivity contribution >= 4 is 68.5 Å². The van der Waals surface area contributed by atoms with Gasteiger partial charge in [-0.2, -0.15) is 13.4 Å². The molecule has 0 aliphatic rings. The van der Waals surface area contributed by atoms with Gasteiger partial charge in [0.2, 0.25) is 5.95 Å². The molecule has 0 saturated heterocycles. The SMILES string of the molecule is Cc1ccc(NC(=O)NCc2ccc(OCc3nc(N)nc(N)c3-c3ccc(Cl)c(Cl)c3)c(Cl)c2)cc1S(=O)(=O)F. The summed E-state index contributed by atoms with van der Waals surface area (Å²) in [5.74, 6) is 0.424. The molecule has 0 atom stereocenters. The van der Waals surface area contributed by atoms with Gasteiger partial charge in [0.05, 0.1) is 20.8 Å². The lowest BCUT2D eigenvalue weighted by molar-refractivity contribution is 0.251. The van der Waals surface area contributed by atoms with Crippen LogP contribution in [0.1, 0.15) is 16.8 Å². The first kappa shape index (κ1) is 30.1. The van der Waals surface area contributed by atoms with E-state index < -0.39 is 21.1 Å². The fourth-order valence-electron chi connectivity index (χ4n) is 3.83. The Kier molecular flexibility index (Phi) is 9.08. The van der Waals surface area contributed by atoms with Crippen LogP contribution in [0.25, 0.3) is 11.1 Å². The molecular weight excluding hydrogens is 618 g/mol. The number of rotatable bonds is 8. The van der Waals surface area contributed by atoms with Crippen molar-refractivity contribution in [3.8, 4) is 16.9 Å². The largest absolute Gasteiger partial charge is 0.486 e. The maximum atomic E-state index is 13.4. The lowest BCUT2D eigenvalue weighted by Crippen LogP contribution is -2.28. The van der Waals surface area contributed by atoms with E-state index in [9.17, 15) is 17.1 Å². The Morgan fingerprint density at radius 3 is 2.41 bits per heavy atom. The van der Waals surface area contributed by atoms with E-state index in [4.69, 9.17) is 51.0 Å². The van der Waals surface area contributed by atoms with Crippen LogP contribution >= 0.6 is 34.8 Å². The van der Waals surface area contributed by atoms with Crippen molar-refractivity contribution in [2.24, 2.45) is 0 Å². The number of benzene rings is 3. The Bertz CT molecular complexity index is 1760. The topological polar surface area (TPSA) is 162 Å². The van der Waals surface area contributed by atoms with E-state index in [1.54, 1.807) is 36.4 Å². The quantitative estimate of drug-likeness (QED) is 0.167. The number of hydrogen-bond donors (Lipinski definition) is 4. The van der Waals surface area contributed by atoms with Gasteiger partial charge in [0.15, 0.2) is 0 Å². The first-order valence-corrected chi connectivity index (χ1v) is 14.2. The average molecular weight is 640 g/mol. The Hall–Kier alpha value is -3.84. The van der Waals surface area contributed by atoms with E-state index in [0.717, 1.165) is 6.07 Å². The maximum absolute atomic E-state index is 13.4. The first-order valence-electron chi connectivity index (χ1n) is 11.7. The van der Waals surface area contributed by atoms with E-state index in [0.29, 0.717) is 38.2 Å². The van der Waals surface area contributed by atoms with Crippen LogP contribution in [0.5, 0.6) is 5.75 Å². The number of nitrogens with one attached hydrogen (secondary N) is 2. The summed E-state index contributed by atoms with van der Waals surface area (Å²) in [6, 6.07) is 13.1. The predicted octanol–water partition coefficient (Wildman–Crippen LogP) is 6.14. The number of nitrogen functional groups attached to an aromatic ring is 2. The van der Waals surface area contributed by atoms with Crippen molar-refractivity contribution in [3.05, 3.63) is 86.5 Å². The first-order chi connectivity index (χ1) is 19.3. The lowest BCUT2D eigenvalue weighted by atomic mass is 10.0. The number of amides is 2. The van der Waals surface area contributed by atoms with Gasteiger partial charge in [-0.1, -0.05) is 53.0 Å². The highest BCUT2D eigenvalue weighted by Gasteiger charge is 2.18. The van der Waals surface area contributed by atoms with Gasteiger partial charge in [-0.15, -0.1) is 3.89 Å². The van der Waals surface area contributed by atoms with Gasteiger partial charge in [-0.3, -0.25) is 0 Å². The number of carbonyl (C=O) groups excluding carboxylic acids is 1. The highest BCUT2D eigenvalue weighted by Crippen LogP contribution is 2.34. The van der Waals surface area contributed by atoms with Crippen molar-refractivity contribution in [2.45, 2.75) is 25.0 Å². The standard InChI is InChI=1S/C26H22Cl3FN6O4S/c1-13-2-5-16(10-22(13)41(30,38)39)34-26(37)33-11-14-3-7-21(19(29)8-14)40-12-20-23(24(31)36-25(32)35-20)15-4-6-17(27)18(28)9-15/h2-10H,11-12H2,1H3,(H2,33,34,37)(H4,31,32,35,36). The minimum Gasteiger partial charge on any atom is -0.486 e. The minimum absolute atomic E-state index is 0.0381. The van der Waals surface area contributed by atoms with Gasteiger partial charge in [0.1, 0.15) is 23.1 Å². The second-order valence-corrected chi connectivity index (χ2v) is 11.2. The maximum Gasteiger partial charge on any atom is 0.332 e. The van der Waals surface area contributed by atoms with Crippen molar-refractivity contribution in [2.75, 3.05) is 16.8 Å². The summed E-state index contributed by atoms with van der Waals surface area (Å²) in [7, 11) is -4.93. The molecule has 0 saturated carbocycles. The molecular formula is C26H22Cl3FN6O4S. The smallest absolute Gasteiger partial charge is 0.332 e. The molecule has 4 rings (SSSR count). The molecule has 214 valence electrons. The number of anilines is 3. The Labute approximate surface area is 250 Å². The van der Waals surface area contributed by atoms with Crippen LogP contribution in [0.15, 0.2) is 59.5 Å². The van der Waals surface area contributed by atoms with Gasteiger partial charge in [0.25, 0.3) is 0 Å². The summed E-state index contributed by atoms with van der Waals surface area (Å²) in [6.45, 7) is 1.46. The number of ether oxygens (including phenoxy) is 1. The zero-order valence-corrected chi connectivity index (χ0v) is 24.3. The highest BCUT2D eigenvalue weighted by molar-refractivity contribution is 7.86. The number of halogens is 4. The molecule has 10 nitrogen and oxygen atoms in total. The molecule has 0 spiro atoms. The van der Waals surface area contributed by atoms with Crippen LogP contribution < -0.4 is 26.8 Å². The van der Waals surface area contributed by atoms with Crippen molar-refractivity contribution in [1.82, 2.24) is 15.3 Å². The summed E-state index contributed by atoms with van der Waals surface area (Å²) in [6.07, 6.45) is 0. The number of hydrogen-bond acceptors (Lipinski definition) is 8. The molecule has 0 unspecified atom stereocenters. The molecule has 0 radical (unpaired) electrons. The van der Waals surface area contributed by atoms with Crippen molar-refractivity contribution < 1.29 is 21.8 Å². The highest BCUT2D eigenvalue weighted by atomic mass is 35.5. The van der Waals surface area contributed by atoms with Gasteiger partial charge < -0.3 is 26.8 Å². The number of nitrogens with two attached hydrogens (primary N) is 2. The number of carbonyl (C=O) groups is 1. The van der Waals surface area contributed by atoms with Crippen molar-refractivity contribution in [1.29, 1.82) is 0 Å².